The van der Waals surface area contributed by atoms with Gasteiger partial charge >= 0.3 is 0 Å². The predicted octanol–water partition coefficient (Wildman–Crippen LogP) is 5.69. The van der Waals surface area contributed by atoms with E-state index in [1.807, 2.05) is 17.2 Å². The third-order valence-electron chi connectivity index (χ3n) is 9.67. The minimum atomic E-state index is 0.180. The number of carbonyl (C=O) groups is 2. The molecule has 1 atom stereocenters. The number of halogens is 3. The van der Waals surface area contributed by atoms with Crippen molar-refractivity contribution < 1.29 is 14.3 Å². The molecule has 1 aliphatic carbocycles. The molecule has 0 bridgehead atoms. The second kappa shape index (κ2) is 13.6. The number of morpholine rings is 1. The fraction of sp³-hybridized carbons (Fsp3) is 0.594. The smallest absolute Gasteiger partial charge is 0.236 e. The number of benzene rings is 1. The highest BCUT2D eigenvalue weighted by Gasteiger charge is 2.37. The molecule has 4 heterocycles. The Labute approximate surface area is 270 Å². The van der Waals surface area contributed by atoms with E-state index in [2.05, 4.69) is 53.8 Å². The molecule has 226 valence electrons. The minimum absolute atomic E-state index is 0.180. The van der Waals surface area contributed by atoms with Crippen molar-refractivity contribution in [2.24, 2.45) is 11.8 Å². The van der Waals surface area contributed by atoms with Gasteiger partial charge in [0, 0.05) is 58.7 Å². The number of ether oxygens (including phenoxy) is 1. The molecule has 1 aromatic heterocycles. The number of nitrogens with zero attached hydrogens (tertiary/aromatic N) is 4. The molecule has 2 amide bonds. The SMILES string of the molecule is O=C(CC1CCN(CC(=O)N2CCOCC2)CC1)N1CCC([C@H]2c3ncc(Br)cc3CCc3cc(Cl)cc(Br)c32)CC1. The van der Waals surface area contributed by atoms with Crippen LogP contribution in [0.15, 0.2) is 33.3 Å². The van der Waals surface area contributed by atoms with Gasteiger partial charge in [-0.15, -0.1) is 0 Å². The number of amides is 2. The maximum Gasteiger partial charge on any atom is 0.236 e. The molecule has 3 aliphatic heterocycles. The predicted molar refractivity (Wildman–Crippen MR) is 171 cm³/mol. The summed E-state index contributed by atoms with van der Waals surface area (Å²) in [7, 11) is 0. The van der Waals surface area contributed by atoms with E-state index < -0.39 is 0 Å². The molecule has 3 fully saturated rings. The van der Waals surface area contributed by atoms with Gasteiger partial charge in [-0.3, -0.25) is 19.5 Å². The summed E-state index contributed by atoms with van der Waals surface area (Å²) in [6.07, 6.45) is 8.30. The average molecular weight is 723 g/mol. The van der Waals surface area contributed by atoms with E-state index in [9.17, 15) is 9.59 Å². The van der Waals surface area contributed by atoms with Crippen molar-refractivity contribution in [1.82, 2.24) is 19.7 Å². The van der Waals surface area contributed by atoms with Crippen molar-refractivity contribution in [3.63, 3.8) is 0 Å². The number of rotatable bonds is 5. The van der Waals surface area contributed by atoms with Gasteiger partial charge < -0.3 is 14.5 Å². The van der Waals surface area contributed by atoms with Crippen LogP contribution in [0.1, 0.15) is 60.4 Å². The van der Waals surface area contributed by atoms with Gasteiger partial charge in [-0.2, -0.15) is 0 Å². The lowest BCUT2D eigenvalue weighted by Crippen LogP contribution is -2.47. The summed E-state index contributed by atoms with van der Waals surface area (Å²) in [5, 5.41) is 0.759. The molecule has 2 aromatic rings. The topological polar surface area (TPSA) is 66.0 Å². The van der Waals surface area contributed by atoms with Gasteiger partial charge in [-0.25, -0.2) is 0 Å². The van der Waals surface area contributed by atoms with Gasteiger partial charge in [0.25, 0.3) is 0 Å². The van der Waals surface area contributed by atoms with Crippen molar-refractivity contribution in [1.29, 1.82) is 0 Å². The third-order valence-corrected chi connectivity index (χ3v) is 11.0. The number of fused-ring (bicyclic) bond motifs is 2. The van der Waals surface area contributed by atoms with Crippen molar-refractivity contribution in [3.05, 3.63) is 60.7 Å². The van der Waals surface area contributed by atoms with E-state index in [-0.39, 0.29) is 17.7 Å². The molecule has 0 N–H and O–H groups in total. The summed E-state index contributed by atoms with van der Waals surface area (Å²) in [6, 6.07) is 6.36. The van der Waals surface area contributed by atoms with Gasteiger partial charge in [-0.1, -0.05) is 27.5 Å². The van der Waals surface area contributed by atoms with Crippen molar-refractivity contribution >= 4 is 55.3 Å². The standard InChI is InChI=1S/C32H39Br2ClN4O3/c33-25-16-24-2-1-23-17-26(35)18-27(34)30(23)31(32(24)36-19-25)22-5-9-38(10-6-22)28(40)15-21-3-7-37(8-4-21)20-29(41)39-11-13-42-14-12-39/h16-19,21-22,31H,1-15,20H2/t31-/m1/s1. The molecule has 0 saturated carbocycles. The van der Waals surface area contributed by atoms with E-state index in [1.165, 1.54) is 22.4 Å². The minimum Gasteiger partial charge on any atom is -0.378 e. The Morgan fingerprint density at radius 3 is 2.31 bits per heavy atom. The number of aryl methyl sites for hydroxylation is 2. The zero-order chi connectivity index (χ0) is 29.2. The van der Waals surface area contributed by atoms with E-state index in [4.69, 9.17) is 21.3 Å². The fourth-order valence-corrected chi connectivity index (χ4v) is 8.84. The van der Waals surface area contributed by atoms with Crippen LogP contribution in [0.2, 0.25) is 5.02 Å². The molecular weight excluding hydrogens is 684 g/mol. The first kappa shape index (κ1) is 30.5. The van der Waals surface area contributed by atoms with Crippen molar-refractivity contribution in [2.45, 2.75) is 50.9 Å². The number of hydrogen-bond donors (Lipinski definition) is 0. The fourth-order valence-electron chi connectivity index (χ4n) is 7.34. The maximum atomic E-state index is 13.4. The van der Waals surface area contributed by atoms with Gasteiger partial charge in [0.2, 0.25) is 11.8 Å². The Kier molecular flexibility index (Phi) is 9.90. The maximum absolute atomic E-state index is 13.4. The zero-order valence-electron chi connectivity index (χ0n) is 24.0. The van der Waals surface area contributed by atoms with Crippen LogP contribution in [-0.4, -0.2) is 90.5 Å². The van der Waals surface area contributed by atoms with Crippen LogP contribution in [0.4, 0.5) is 0 Å². The Morgan fingerprint density at radius 2 is 1.57 bits per heavy atom. The van der Waals surface area contributed by atoms with Crippen LogP contribution in [0, 0.1) is 11.8 Å². The Bertz CT molecular complexity index is 1300. The number of pyridine rings is 1. The summed E-state index contributed by atoms with van der Waals surface area (Å²) in [5.74, 6) is 1.47. The van der Waals surface area contributed by atoms with Gasteiger partial charge in [-0.05, 0) is 114 Å². The van der Waals surface area contributed by atoms with E-state index in [0.717, 1.165) is 78.7 Å². The average Bonchev–Trinajstić information content (AvgIpc) is 3.15. The molecule has 7 nitrogen and oxygen atoms in total. The summed E-state index contributed by atoms with van der Waals surface area (Å²) in [4.78, 5) is 37.3. The van der Waals surface area contributed by atoms with Crippen LogP contribution < -0.4 is 0 Å². The molecule has 1 aromatic carbocycles. The van der Waals surface area contributed by atoms with Crippen molar-refractivity contribution in [2.75, 3.05) is 59.0 Å². The quantitative estimate of drug-likeness (QED) is 0.397. The monoisotopic (exact) mass is 720 g/mol. The molecule has 42 heavy (non-hydrogen) atoms. The number of hydrogen-bond acceptors (Lipinski definition) is 5. The summed E-state index contributed by atoms with van der Waals surface area (Å²) in [6.45, 7) is 6.50. The molecule has 0 spiro atoms. The molecular formula is C32H39Br2ClN4O3. The van der Waals surface area contributed by atoms with Gasteiger partial charge in [0.05, 0.1) is 25.5 Å². The lowest BCUT2D eigenvalue weighted by Gasteiger charge is -2.38. The Hall–Kier alpha value is -1.52. The first-order chi connectivity index (χ1) is 20.4. The largest absolute Gasteiger partial charge is 0.378 e. The molecule has 4 aliphatic rings. The first-order valence-electron chi connectivity index (χ1n) is 15.3. The summed E-state index contributed by atoms with van der Waals surface area (Å²) in [5.41, 5.74) is 5.08. The molecule has 10 heteroatoms. The lowest BCUT2D eigenvalue weighted by molar-refractivity contribution is -0.137. The number of likely N-dealkylation sites (tertiary alicyclic amines) is 2. The molecule has 0 radical (unpaired) electrons. The van der Waals surface area contributed by atoms with Crippen LogP contribution in [-0.2, 0) is 27.2 Å². The Morgan fingerprint density at radius 1 is 0.881 bits per heavy atom. The van der Waals surface area contributed by atoms with E-state index in [1.54, 1.807) is 0 Å². The Balaban J connectivity index is 1.05. The van der Waals surface area contributed by atoms with Crippen LogP contribution in [0.5, 0.6) is 0 Å². The van der Waals surface area contributed by atoms with Gasteiger partial charge in [0.15, 0.2) is 0 Å². The highest BCUT2D eigenvalue weighted by molar-refractivity contribution is 9.10. The number of piperidine rings is 2. The number of carbonyl (C=O) groups excluding carboxylic acids is 2. The molecule has 0 unspecified atom stereocenters. The highest BCUT2D eigenvalue weighted by Crippen LogP contribution is 2.46. The second-order valence-corrected chi connectivity index (χ2v) is 14.5. The number of aromatic nitrogens is 1. The normalized spacial score (nSPS) is 22.4. The zero-order valence-corrected chi connectivity index (χ0v) is 27.9. The lowest BCUT2D eigenvalue weighted by atomic mass is 9.76. The summed E-state index contributed by atoms with van der Waals surface area (Å²) >= 11 is 14.0. The van der Waals surface area contributed by atoms with Crippen LogP contribution >= 0.6 is 43.5 Å². The first-order valence-corrected chi connectivity index (χ1v) is 17.3. The third kappa shape index (κ3) is 6.90. The molecule has 3 saturated heterocycles. The van der Waals surface area contributed by atoms with E-state index in [0.29, 0.717) is 51.1 Å². The van der Waals surface area contributed by atoms with E-state index >= 15 is 0 Å². The van der Waals surface area contributed by atoms with Gasteiger partial charge in [0.1, 0.15) is 0 Å². The van der Waals surface area contributed by atoms with Crippen LogP contribution in [0.3, 0.4) is 0 Å². The molecule has 6 rings (SSSR count). The van der Waals surface area contributed by atoms with Crippen molar-refractivity contribution in [3.8, 4) is 0 Å². The second-order valence-electron chi connectivity index (χ2n) is 12.3. The van der Waals surface area contributed by atoms with Crippen LogP contribution in [0.25, 0.3) is 0 Å². The summed E-state index contributed by atoms with van der Waals surface area (Å²) < 4.78 is 7.44. The highest BCUT2D eigenvalue weighted by atomic mass is 79.9.